The van der Waals surface area contributed by atoms with Gasteiger partial charge in [0.05, 0.1) is 17.2 Å². The molecule has 1 unspecified atom stereocenters. The number of carbonyl (C=O) groups is 3. The molecule has 1 atom stereocenters. The van der Waals surface area contributed by atoms with Crippen LogP contribution in [0.5, 0.6) is 0 Å². The van der Waals surface area contributed by atoms with E-state index in [0.717, 1.165) is 11.6 Å². The minimum absolute atomic E-state index is 0.0236. The van der Waals surface area contributed by atoms with Gasteiger partial charge in [0.2, 0.25) is 0 Å². The highest BCUT2D eigenvalue weighted by Gasteiger charge is 2.57. The SMILES string of the molecule is Cc1cc(C(C(F)(F)F)C(F)(F)F)ccc1NC(=O)c1cccc(I)c1C(=O)NC(C)COC(=O)NCc1ccccc1. The summed E-state index contributed by atoms with van der Waals surface area (Å²) in [6.07, 6.45) is -11.8. The number of ether oxygens (including phenoxy) is 1. The quantitative estimate of drug-likeness (QED) is 0.162. The molecule has 3 rings (SSSR count). The zero-order chi connectivity index (χ0) is 31.9. The van der Waals surface area contributed by atoms with E-state index in [1.54, 1.807) is 13.0 Å². The lowest BCUT2D eigenvalue weighted by Crippen LogP contribution is -2.39. The van der Waals surface area contributed by atoms with Gasteiger partial charge in [0.15, 0.2) is 5.92 Å². The third-order valence-corrected chi connectivity index (χ3v) is 6.99. The highest BCUT2D eigenvalue weighted by atomic mass is 127. The number of nitrogens with one attached hydrogen (secondary N) is 3. The Bertz CT molecular complexity index is 1450. The zero-order valence-electron chi connectivity index (χ0n) is 22.7. The summed E-state index contributed by atoms with van der Waals surface area (Å²) >= 11 is 1.84. The Hall–Kier alpha value is -3.82. The van der Waals surface area contributed by atoms with Gasteiger partial charge in [-0.25, -0.2) is 4.79 Å². The molecule has 3 amide bonds. The fourth-order valence-corrected chi connectivity index (χ4v) is 4.81. The van der Waals surface area contributed by atoms with Crippen molar-refractivity contribution in [2.24, 2.45) is 0 Å². The van der Waals surface area contributed by atoms with E-state index in [-0.39, 0.29) is 35.5 Å². The molecule has 0 fully saturated rings. The van der Waals surface area contributed by atoms with Gasteiger partial charge in [0, 0.05) is 15.8 Å². The normalized spacial score (nSPS) is 12.4. The van der Waals surface area contributed by atoms with Crippen molar-refractivity contribution in [2.75, 3.05) is 11.9 Å². The first-order chi connectivity index (χ1) is 20.1. The van der Waals surface area contributed by atoms with Crippen LogP contribution in [0.4, 0.5) is 36.8 Å². The van der Waals surface area contributed by atoms with Crippen molar-refractivity contribution in [1.29, 1.82) is 0 Å². The van der Waals surface area contributed by atoms with E-state index in [9.17, 15) is 40.7 Å². The van der Waals surface area contributed by atoms with Crippen LogP contribution in [-0.2, 0) is 11.3 Å². The van der Waals surface area contributed by atoms with Gasteiger partial charge in [-0.05, 0) is 71.3 Å². The predicted octanol–water partition coefficient (Wildman–Crippen LogP) is 7.10. The maximum atomic E-state index is 13.1. The van der Waals surface area contributed by atoms with Gasteiger partial charge < -0.3 is 20.7 Å². The Morgan fingerprint density at radius 2 is 1.53 bits per heavy atom. The van der Waals surface area contributed by atoms with Crippen LogP contribution in [0.25, 0.3) is 0 Å². The maximum absolute atomic E-state index is 13.1. The van der Waals surface area contributed by atoms with Crippen molar-refractivity contribution < 1.29 is 45.5 Å². The van der Waals surface area contributed by atoms with Gasteiger partial charge in [-0.3, -0.25) is 9.59 Å². The van der Waals surface area contributed by atoms with Gasteiger partial charge in [-0.15, -0.1) is 0 Å². The number of hydrogen-bond acceptors (Lipinski definition) is 4. The first-order valence-electron chi connectivity index (χ1n) is 12.7. The Kier molecular flexibility index (Phi) is 11.0. The van der Waals surface area contributed by atoms with E-state index in [4.69, 9.17) is 4.74 Å². The lowest BCUT2D eigenvalue weighted by Gasteiger charge is -2.24. The van der Waals surface area contributed by atoms with Crippen LogP contribution >= 0.6 is 22.6 Å². The van der Waals surface area contributed by atoms with Gasteiger partial charge in [-0.1, -0.05) is 48.5 Å². The number of anilines is 1. The lowest BCUT2D eigenvalue weighted by atomic mass is 9.95. The molecule has 0 bridgehead atoms. The second-order valence-electron chi connectivity index (χ2n) is 9.52. The number of alkyl halides is 6. The van der Waals surface area contributed by atoms with Gasteiger partial charge in [0.25, 0.3) is 11.8 Å². The highest BCUT2D eigenvalue weighted by molar-refractivity contribution is 14.1. The summed E-state index contributed by atoms with van der Waals surface area (Å²) < 4.78 is 84.4. The molecule has 0 aliphatic carbocycles. The van der Waals surface area contributed by atoms with Crippen molar-refractivity contribution in [2.45, 2.75) is 44.7 Å². The summed E-state index contributed by atoms with van der Waals surface area (Å²) in [6, 6.07) is 15.2. The van der Waals surface area contributed by atoms with Crippen LogP contribution in [0.2, 0.25) is 0 Å². The smallest absolute Gasteiger partial charge is 0.407 e. The van der Waals surface area contributed by atoms with Crippen molar-refractivity contribution in [3.05, 3.63) is 98.1 Å². The van der Waals surface area contributed by atoms with Crippen LogP contribution in [0, 0.1) is 10.5 Å². The van der Waals surface area contributed by atoms with Crippen molar-refractivity contribution in [3.8, 4) is 0 Å². The van der Waals surface area contributed by atoms with E-state index in [2.05, 4.69) is 16.0 Å². The van der Waals surface area contributed by atoms with E-state index in [0.29, 0.717) is 15.7 Å². The third kappa shape index (κ3) is 9.33. The molecular formula is C29H26F6IN3O4. The molecule has 230 valence electrons. The number of halogens is 7. The largest absolute Gasteiger partial charge is 0.447 e. The molecule has 0 heterocycles. The van der Waals surface area contributed by atoms with E-state index < -0.39 is 47.8 Å². The molecule has 14 heteroatoms. The maximum Gasteiger partial charge on any atom is 0.407 e. The minimum Gasteiger partial charge on any atom is -0.447 e. The first-order valence-corrected chi connectivity index (χ1v) is 13.7. The molecule has 3 aromatic carbocycles. The van der Waals surface area contributed by atoms with E-state index in [1.807, 2.05) is 52.9 Å². The Morgan fingerprint density at radius 1 is 0.884 bits per heavy atom. The Labute approximate surface area is 256 Å². The average Bonchev–Trinajstić information content (AvgIpc) is 2.91. The molecule has 0 aliphatic heterocycles. The summed E-state index contributed by atoms with van der Waals surface area (Å²) in [4.78, 5) is 38.3. The van der Waals surface area contributed by atoms with Crippen molar-refractivity contribution >= 4 is 46.2 Å². The van der Waals surface area contributed by atoms with Crippen LogP contribution in [0.3, 0.4) is 0 Å². The van der Waals surface area contributed by atoms with Crippen molar-refractivity contribution in [1.82, 2.24) is 10.6 Å². The fraction of sp³-hybridized carbons (Fsp3) is 0.276. The molecule has 0 radical (unpaired) electrons. The standard InChI is InChI=1S/C29H26F6IN3O4/c1-16-13-19(24(28(30,31)32)29(33,34)35)11-12-22(16)39-25(40)20-9-6-10-21(36)23(20)26(41)38-17(2)15-43-27(42)37-14-18-7-4-3-5-8-18/h3-13,17,24H,14-15H2,1-2H3,(H,37,42)(H,38,41)(H,39,40). The second-order valence-corrected chi connectivity index (χ2v) is 10.7. The second kappa shape index (κ2) is 14.1. The minimum atomic E-state index is -5.56. The number of hydrogen-bond donors (Lipinski definition) is 3. The zero-order valence-corrected chi connectivity index (χ0v) is 24.9. The Balaban J connectivity index is 1.68. The van der Waals surface area contributed by atoms with Crippen molar-refractivity contribution in [3.63, 3.8) is 0 Å². The summed E-state index contributed by atoms with van der Waals surface area (Å²) in [5.74, 6) is -5.16. The molecule has 7 nitrogen and oxygen atoms in total. The summed E-state index contributed by atoms with van der Waals surface area (Å²) in [5.41, 5.74) is -0.352. The molecule has 0 aliphatic rings. The van der Waals surface area contributed by atoms with E-state index >= 15 is 0 Å². The number of carbonyl (C=O) groups excluding carboxylic acids is 3. The number of aryl methyl sites for hydroxylation is 1. The number of rotatable bonds is 9. The summed E-state index contributed by atoms with van der Waals surface area (Å²) in [5, 5.41) is 7.68. The number of benzene rings is 3. The first kappa shape index (κ1) is 33.7. The molecule has 43 heavy (non-hydrogen) atoms. The highest BCUT2D eigenvalue weighted by Crippen LogP contribution is 2.46. The van der Waals surface area contributed by atoms with Crippen LogP contribution in [0.15, 0.2) is 66.7 Å². The summed E-state index contributed by atoms with van der Waals surface area (Å²) in [7, 11) is 0. The molecule has 0 spiro atoms. The lowest BCUT2D eigenvalue weighted by molar-refractivity contribution is -0.253. The molecule has 3 aromatic rings. The summed E-state index contributed by atoms with van der Waals surface area (Å²) in [6.45, 7) is 2.90. The van der Waals surface area contributed by atoms with Gasteiger partial charge in [0.1, 0.15) is 6.61 Å². The molecule has 0 aromatic heterocycles. The monoisotopic (exact) mass is 721 g/mol. The third-order valence-electron chi connectivity index (χ3n) is 6.09. The van der Waals surface area contributed by atoms with Crippen LogP contribution in [-0.4, -0.2) is 42.9 Å². The molecule has 0 saturated heterocycles. The van der Waals surface area contributed by atoms with Crippen LogP contribution in [0.1, 0.15) is 50.2 Å². The molecule has 3 N–H and O–H groups in total. The topological polar surface area (TPSA) is 96.5 Å². The Morgan fingerprint density at radius 3 is 2.14 bits per heavy atom. The molecule has 0 saturated carbocycles. The fourth-order valence-electron chi connectivity index (χ4n) is 4.06. The van der Waals surface area contributed by atoms with E-state index in [1.165, 1.54) is 19.1 Å². The van der Waals surface area contributed by atoms with Crippen LogP contribution < -0.4 is 16.0 Å². The van der Waals surface area contributed by atoms with Gasteiger partial charge in [-0.2, -0.15) is 26.3 Å². The van der Waals surface area contributed by atoms with Gasteiger partial charge >= 0.3 is 18.4 Å². The predicted molar refractivity (Wildman–Crippen MR) is 155 cm³/mol. The average molecular weight is 721 g/mol. The number of amides is 3. The molecular weight excluding hydrogens is 695 g/mol. The number of alkyl carbamates (subject to hydrolysis) is 1.